The summed E-state index contributed by atoms with van der Waals surface area (Å²) < 4.78 is 0. The third-order valence-corrected chi connectivity index (χ3v) is 5.25. The Morgan fingerprint density at radius 1 is 1.07 bits per heavy atom. The van der Waals surface area contributed by atoms with Gasteiger partial charge in [-0.2, -0.15) is 0 Å². The van der Waals surface area contributed by atoms with Crippen molar-refractivity contribution in [3.8, 4) is 0 Å². The minimum absolute atomic E-state index is 0.265. The summed E-state index contributed by atoms with van der Waals surface area (Å²) in [6.45, 7) is 4.63. The van der Waals surface area contributed by atoms with Gasteiger partial charge in [0.1, 0.15) is 12.6 Å². The van der Waals surface area contributed by atoms with Crippen LogP contribution in [-0.4, -0.2) is 55.5 Å². The van der Waals surface area contributed by atoms with Crippen molar-refractivity contribution >= 4 is 29.2 Å². The Morgan fingerprint density at radius 2 is 1.73 bits per heavy atom. The third kappa shape index (κ3) is 4.79. The number of aryl methyl sites for hydroxylation is 1. The number of hydrogen-bond donors (Lipinski definition) is 1. The topological polar surface area (TPSA) is 73.0 Å². The van der Waals surface area contributed by atoms with Crippen molar-refractivity contribution < 1.29 is 14.4 Å². The zero-order valence-corrected chi connectivity index (χ0v) is 17.7. The highest BCUT2D eigenvalue weighted by atomic mass is 16.2. The van der Waals surface area contributed by atoms with E-state index in [-0.39, 0.29) is 18.4 Å². The fraction of sp³-hybridized carbons (Fsp3) is 0.348. The minimum atomic E-state index is -0.632. The Hall–Kier alpha value is -3.35. The van der Waals surface area contributed by atoms with Crippen LogP contribution in [0.4, 0.5) is 16.2 Å². The highest BCUT2D eigenvalue weighted by Crippen LogP contribution is 2.25. The highest BCUT2D eigenvalue weighted by Gasteiger charge is 2.43. The van der Waals surface area contributed by atoms with Crippen LogP contribution in [0.2, 0.25) is 0 Å². The molecule has 0 spiro atoms. The van der Waals surface area contributed by atoms with Crippen molar-refractivity contribution in [3.63, 3.8) is 0 Å². The van der Waals surface area contributed by atoms with Gasteiger partial charge in [0.15, 0.2) is 0 Å². The Labute approximate surface area is 177 Å². The summed E-state index contributed by atoms with van der Waals surface area (Å²) in [4.78, 5) is 42.2. The number of para-hydroxylation sites is 1. The Morgan fingerprint density at radius 3 is 2.40 bits per heavy atom. The summed E-state index contributed by atoms with van der Waals surface area (Å²) in [6, 6.07) is 16.3. The average Bonchev–Trinajstić information content (AvgIpc) is 2.95. The number of imide groups is 1. The van der Waals surface area contributed by atoms with Gasteiger partial charge in [0.25, 0.3) is 5.91 Å². The van der Waals surface area contributed by atoms with Crippen molar-refractivity contribution in [1.29, 1.82) is 0 Å². The third-order valence-electron chi connectivity index (χ3n) is 5.25. The summed E-state index contributed by atoms with van der Waals surface area (Å²) in [6.07, 6.45) is 0.755. The van der Waals surface area contributed by atoms with Gasteiger partial charge in [-0.3, -0.25) is 19.4 Å². The van der Waals surface area contributed by atoms with E-state index >= 15 is 0 Å². The van der Waals surface area contributed by atoms with Gasteiger partial charge in [0.05, 0.1) is 0 Å². The molecule has 4 amide bonds. The maximum atomic E-state index is 12.8. The quantitative estimate of drug-likeness (QED) is 0.539. The lowest BCUT2D eigenvalue weighted by atomic mass is 10.2. The lowest BCUT2D eigenvalue weighted by molar-refractivity contribution is -0.131. The summed E-state index contributed by atoms with van der Waals surface area (Å²) in [5.74, 6) is -0.698. The normalized spacial score (nSPS) is 16.2. The van der Waals surface area contributed by atoms with Gasteiger partial charge in [0, 0.05) is 31.5 Å². The van der Waals surface area contributed by atoms with Crippen LogP contribution in [0.1, 0.15) is 18.9 Å². The largest absolute Gasteiger partial charge is 0.375 e. The predicted octanol–water partition coefficient (Wildman–Crippen LogP) is 2.79. The molecule has 7 heteroatoms. The summed E-state index contributed by atoms with van der Waals surface area (Å²) in [7, 11) is 2.00. The standard InChI is InChI=1S/C23H28N4O3/c1-17-10-12-20(13-11-17)27-18(2)22(29)26(23(27)30)16-21(28)24-14-7-15-25(3)19-8-5-4-6-9-19/h4-6,8-13,18H,7,14-16H2,1-3H3,(H,24,28)/t18-/m0/s1. The molecule has 7 nitrogen and oxygen atoms in total. The summed E-state index contributed by atoms with van der Waals surface area (Å²) >= 11 is 0. The van der Waals surface area contributed by atoms with Crippen LogP contribution >= 0.6 is 0 Å². The van der Waals surface area contributed by atoms with Crippen molar-refractivity contribution in [1.82, 2.24) is 10.2 Å². The molecule has 1 atom stereocenters. The van der Waals surface area contributed by atoms with E-state index in [2.05, 4.69) is 10.2 Å². The van der Waals surface area contributed by atoms with E-state index in [1.807, 2.05) is 68.6 Å². The molecule has 0 bridgehead atoms. The van der Waals surface area contributed by atoms with E-state index < -0.39 is 12.1 Å². The molecule has 0 saturated carbocycles. The van der Waals surface area contributed by atoms with E-state index in [9.17, 15) is 14.4 Å². The number of anilines is 2. The minimum Gasteiger partial charge on any atom is -0.375 e. The molecule has 1 N–H and O–H groups in total. The molecule has 0 aromatic heterocycles. The number of urea groups is 1. The number of amides is 4. The molecule has 1 aliphatic heterocycles. The molecule has 158 valence electrons. The number of carbonyl (C=O) groups is 3. The molecule has 1 heterocycles. The van der Waals surface area contributed by atoms with E-state index in [1.165, 1.54) is 4.90 Å². The maximum absolute atomic E-state index is 12.8. The van der Waals surface area contributed by atoms with Gasteiger partial charge >= 0.3 is 6.03 Å². The van der Waals surface area contributed by atoms with Gasteiger partial charge in [0.2, 0.25) is 5.91 Å². The lowest BCUT2D eigenvalue weighted by Crippen LogP contribution is -2.42. The van der Waals surface area contributed by atoms with Crippen LogP contribution in [0, 0.1) is 6.92 Å². The van der Waals surface area contributed by atoms with E-state index in [1.54, 1.807) is 6.92 Å². The van der Waals surface area contributed by atoms with Crippen molar-refractivity contribution in [3.05, 3.63) is 60.2 Å². The fourth-order valence-corrected chi connectivity index (χ4v) is 3.47. The molecule has 2 aromatic rings. The van der Waals surface area contributed by atoms with E-state index in [0.29, 0.717) is 12.2 Å². The lowest BCUT2D eigenvalue weighted by Gasteiger charge is -2.20. The zero-order chi connectivity index (χ0) is 21.7. The van der Waals surface area contributed by atoms with Gasteiger partial charge in [-0.05, 0) is 44.5 Å². The first-order valence-corrected chi connectivity index (χ1v) is 10.1. The fourth-order valence-electron chi connectivity index (χ4n) is 3.47. The number of carbonyl (C=O) groups excluding carboxylic acids is 3. The Balaban J connectivity index is 1.49. The number of nitrogens with one attached hydrogen (secondary N) is 1. The Bertz CT molecular complexity index is 898. The van der Waals surface area contributed by atoms with Crippen LogP contribution in [0.3, 0.4) is 0 Å². The van der Waals surface area contributed by atoms with E-state index in [4.69, 9.17) is 0 Å². The first kappa shape index (κ1) is 21.4. The SMILES string of the molecule is Cc1ccc(N2C(=O)N(CC(=O)NCCCN(C)c3ccccc3)C(=O)[C@@H]2C)cc1. The highest BCUT2D eigenvalue weighted by molar-refractivity contribution is 6.15. The molecular formula is C23H28N4O3. The van der Waals surface area contributed by atoms with Crippen LogP contribution in [0.15, 0.2) is 54.6 Å². The second-order valence-corrected chi connectivity index (χ2v) is 7.55. The molecule has 1 saturated heterocycles. The second kappa shape index (κ2) is 9.43. The molecule has 0 unspecified atom stereocenters. The first-order chi connectivity index (χ1) is 14.4. The molecular weight excluding hydrogens is 380 g/mol. The van der Waals surface area contributed by atoms with Crippen LogP contribution in [-0.2, 0) is 9.59 Å². The van der Waals surface area contributed by atoms with Gasteiger partial charge < -0.3 is 10.2 Å². The van der Waals surface area contributed by atoms with Crippen molar-refractivity contribution in [2.24, 2.45) is 0 Å². The van der Waals surface area contributed by atoms with E-state index in [0.717, 1.165) is 29.1 Å². The van der Waals surface area contributed by atoms with Gasteiger partial charge in [-0.25, -0.2) is 4.79 Å². The second-order valence-electron chi connectivity index (χ2n) is 7.55. The zero-order valence-electron chi connectivity index (χ0n) is 17.7. The average molecular weight is 409 g/mol. The number of benzene rings is 2. The summed E-state index contributed by atoms with van der Waals surface area (Å²) in [5, 5.41) is 2.80. The van der Waals surface area contributed by atoms with Crippen molar-refractivity contribution in [2.75, 3.05) is 36.5 Å². The monoisotopic (exact) mass is 408 g/mol. The maximum Gasteiger partial charge on any atom is 0.332 e. The molecule has 0 aliphatic carbocycles. The van der Waals surface area contributed by atoms with Crippen LogP contribution < -0.4 is 15.1 Å². The molecule has 1 aliphatic rings. The molecule has 3 rings (SSSR count). The Kier molecular flexibility index (Phi) is 6.72. The smallest absolute Gasteiger partial charge is 0.332 e. The van der Waals surface area contributed by atoms with Crippen LogP contribution in [0.25, 0.3) is 0 Å². The van der Waals surface area contributed by atoms with Gasteiger partial charge in [-0.15, -0.1) is 0 Å². The molecule has 30 heavy (non-hydrogen) atoms. The van der Waals surface area contributed by atoms with Crippen LogP contribution in [0.5, 0.6) is 0 Å². The van der Waals surface area contributed by atoms with Gasteiger partial charge in [-0.1, -0.05) is 35.9 Å². The molecule has 0 radical (unpaired) electrons. The van der Waals surface area contributed by atoms with Crippen molar-refractivity contribution in [2.45, 2.75) is 26.3 Å². The summed E-state index contributed by atoms with van der Waals surface area (Å²) in [5.41, 5.74) is 2.83. The molecule has 2 aromatic carbocycles. The predicted molar refractivity (Wildman–Crippen MR) is 118 cm³/mol. The number of rotatable bonds is 8. The number of hydrogen-bond acceptors (Lipinski definition) is 4. The number of nitrogens with zero attached hydrogens (tertiary/aromatic N) is 3. The molecule has 1 fully saturated rings. The first-order valence-electron chi connectivity index (χ1n) is 10.1.